The summed E-state index contributed by atoms with van der Waals surface area (Å²) >= 11 is 0. The van der Waals surface area contributed by atoms with Gasteiger partial charge in [0.25, 0.3) is 0 Å². The third-order valence-corrected chi connectivity index (χ3v) is 4.14. The van der Waals surface area contributed by atoms with Gasteiger partial charge in [0.2, 0.25) is 5.95 Å². The molecule has 0 unspecified atom stereocenters. The van der Waals surface area contributed by atoms with Crippen LogP contribution in [0.5, 0.6) is 0 Å². The summed E-state index contributed by atoms with van der Waals surface area (Å²) < 4.78 is 13.5. The Morgan fingerprint density at radius 1 is 1.00 bits per heavy atom. The molecule has 3 aromatic rings. The van der Waals surface area contributed by atoms with Crippen molar-refractivity contribution in [2.75, 3.05) is 10.6 Å². The molecule has 1 aliphatic rings. The van der Waals surface area contributed by atoms with Crippen LogP contribution in [-0.4, -0.2) is 16.0 Å². The van der Waals surface area contributed by atoms with Gasteiger partial charge in [0.05, 0.1) is 5.69 Å². The van der Waals surface area contributed by atoms with E-state index in [2.05, 4.69) is 20.6 Å². The van der Waals surface area contributed by atoms with E-state index in [-0.39, 0.29) is 5.82 Å². The summed E-state index contributed by atoms with van der Waals surface area (Å²) in [6.45, 7) is 1.75. The lowest BCUT2D eigenvalue weighted by molar-refractivity contribution is 0.619. The largest absolute Gasteiger partial charge is 0.351 e. The third kappa shape index (κ3) is 3.76. The van der Waals surface area contributed by atoms with Crippen molar-refractivity contribution in [3.8, 4) is 11.3 Å². The molecule has 4 nitrogen and oxygen atoms in total. The Morgan fingerprint density at radius 2 is 1.80 bits per heavy atom. The molecule has 2 aromatic carbocycles. The van der Waals surface area contributed by atoms with Crippen molar-refractivity contribution in [2.45, 2.75) is 25.8 Å². The van der Waals surface area contributed by atoms with E-state index in [9.17, 15) is 4.39 Å². The molecule has 1 aromatic heterocycles. The van der Waals surface area contributed by atoms with Gasteiger partial charge in [-0.05, 0) is 43.5 Å². The minimum absolute atomic E-state index is 0.214. The van der Waals surface area contributed by atoms with Crippen LogP contribution in [0.4, 0.5) is 21.8 Å². The zero-order valence-electron chi connectivity index (χ0n) is 14.0. The summed E-state index contributed by atoms with van der Waals surface area (Å²) in [6.07, 6.45) is 2.30. The van der Waals surface area contributed by atoms with Gasteiger partial charge in [-0.3, -0.25) is 0 Å². The zero-order valence-corrected chi connectivity index (χ0v) is 14.0. The smallest absolute Gasteiger partial charge is 0.225 e. The average Bonchev–Trinajstić information content (AvgIpc) is 3.43. The topological polar surface area (TPSA) is 49.8 Å². The summed E-state index contributed by atoms with van der Waals surface area (Å²) in [7, 11) is 0. The second kappa shape index (κ2) is 6.51. The molecule has 0 aliphatic heterocycles. The van der Waals surface area contributed by atoms with E-state index in [1.165, 1.54) is 6.07 Å². The summed E-state index contributed by atoms with van der Waals surface area (Å²) in [6, 6.07) is 17.3. The summed E-state index contributed by atoms with van der Waals surface area (Å²) in [4.78, 5) is 9.19. The van der Waals surface area contributed by atoms with Crippen LogP contribution >= 0.6 is 0 Å². The van der Waals surface area contributed by atoms with Gasteiger partial charge in [-0.2, -0.15) is 4.98 Å². The fraction of sp³-hybridized carbons (Fsp3) is 0.200. The van der Waals surface area contributed by atoms with Crippen LogP contribution in [0.3, 0.4) is 0 Å². The first kappa shape index (κ1) is 15.6. The van der Waals surface area contributed by atoms with Gasteiger partial charge in [0, 0.05) is 23.4 Å². The highest BCUT2D eigenvalue weighted by atomic mass is 19.1. The van der Waals surface area contributed by atoms with Gasteiger partial charge in [-0.1, -0.05) is 30.3 Å². The second-order valence-corrected chi connectivity index (χ2v) is 6.34. The van der Waals surface area contributed by atoms with Gasteiger partial charge in [-0.25, -0.2) is 9.37 Å². The molecule has 1 saturated carbocycles. The van der Waals surface area contributed by atoms with E-state index in [1.807, 2.05) is 36.4 Å². The zero-order chi connectivity index (χ0) is 17.2. The van der Waals surface area contributed by atoms with E-state index in [0.29, 0.717) is 23.4 Å². The molecule has 1 aliphatic carbocycles. The maximum atomic E-state index is 13.5. The molecule has 25 heavy (non-hydrogen) atoms. The highest BCUT2D eigenvalue weighted by Gasteiger charge is 2.22. The maximum absolute atomic E-state index is 13.5. The summed E-state index contributed by atoms with van der Waals surface area (Å²) in [5.74, 6) is 1.09. The van der Waals surface area contributed by atoms with Crippen molar-refractivity contribution in [1.29, 1.82) is 0 Å². The molecule has 0 saturated heterocycles. The molecule has 4 rings (SSSR count). The van der Waals surface area contributed by atoms with Crippen molar-refractivity contribution in [3.05, 3.63) is 66.0 Å². The fourth-order valence-electron chi connectivity index (χ4n) is 2.61. The number of hydrogen-bond acceptors (Lipinski definition) is 4. The number of rotatable bonds is 5. The third-order valence-electron chi connectivity index (χ3n) is 4.14. The van der Waals surface area contributed by atoms with Crippen LogP contribution < -0.4 is 10.6 Å². The van der Waals surface area contributed by atoms with Gasteiger partial charge in [0.15, 0.2) is 0 Å². The molecule has 5 heteroatoms. The van der Waals surface area contributed by atoms with Gasteiger partial charge < -0.3 is 10.6 Å². The highest BCUT2D eigenvalue weighted by Crippen LogP contribution is 2.27. The Balaban J connectivity index is 1.68. The molecule has 0 radical (unpaired) electrons. The predicted octanol–water partition coefficient (Wildman–Crippen LogP) is 4.91. The number of hydrogen-bond donors (Lipinski definition) is 2. The minimum atomic E-state index is -0.214. The van der Waals surface area contributed by atoms with Crippen LogP contribution in [0, 0.1) is 12.7 Å². The van der Waals surface area contributed by atoms with Crippen LogP contribution in [0.2, 0.25) is 0 Å². The molecule has 2 N–H and O–H groups in total. The lowest BCUT2D eigenvalue weighted by atomic mass is 10.1. The Morgan fingerprint density at radius 3 is 2.52 bits per heavy atom. The first-order valence-corrected chi connectivity index (χ1v) is 8.41. The number of aryl methyl sites for hydroxylation is 1. The van der Waals surface area contributed by atoms with Crippen molar-refractivity contribution in [3.63, 3.8) is 0 Å². The van der Waals surface area contributed by atoms with Crippen LogP contribution in [-0.2, 0) is 0 Å². The minimum Gasteiger partial charge on any atom is -0.351 e. The monoisotopic (exact) mass is 334 g/mol. The number of anilines is 3. The van der Waals surface area contributed by atoms with Crippen molar-refractivity contribution < 1.29 is 4.39 Å². The maximum Gasteiger partial charge on any atom is 0.225 e. The number of halogens is 1. The molecule has 0 spiro atoms. The van der Waals surface area contributed by atoms with E-state index in [0.717, 1.165) is 29.8 Å². The Hall–Kier alpha value is -2.95. The quantitative estimate of drug-likeness (QED) is 0.696. The van der Waals surface area contributed by atoms with Crippen LogP contribution in [0.1, 0.15) is 18.4 Å². The van der Waals surface area contributed by atoms with Crippen molar-refractivity contribution >= 4 is 17.5 Å². The number of aromatic nitrogens is 2. The second-order valence-electron chi connectivity index (χ2n) is 6.34. The van der Waals surface area contributed by atoms with E-state index in [1.54, 1.807) is 19.1 Å². The number of nitrogens with zero attached hydrogens (tertiary/aromatic N) is 2. The van der Waals surface area contributed by atoms with E-state index < -0.39 is 0 Å². The molecule has 1 heterocycles. The standard InChI is InChI=1S/C20H19FN4/c1-13-11-16(9-10-17(13)21)22-19-12-18(14-5-3-2-4-6-14)24-20(25-19)23-15-7-8-15/h2-6,9-12,15H,7-8H2,1H3,(H2,22,23,24,25). The SMILES string of the molecule is Cc1cc(Nc2cc(-c3ccccc3)nc(NC3CC3)n2)ccc1F. The first-order valence-electron chi connectivity index (χ1n) is 8.41. The first-order chi connectivity index (χ1) is 12.2. The fourth-order valence-corrected chi connectivity index (χ4v) is 2.61. The Kier molecular flexibility index (Phi) is 4.06. The molecular formula is C20H19FN4. The predicted molar refractivity (Wildman–Crippen MR) is 98.5 cm³/mol. The summed E-state index contributed by atoms with van der Waals surface area (Å²) in [5, 5.41) is 6.61. The summed E-state index contributed by atoms with van der Waals surface area (Å²) in [5.41, 5.74) is 3.27. The lowest BCUT2D eigenvalue weighted by Crippen LogP contribution is -2.07. The normalized spacial score (nSPS) is 13.5. The Bertz CT molecular complexity index is 891. The molecule has 0 atom stereocenters. The molecular weight excluding hydrogens is 315 g/mol. The Labute approximate surface area is 146 Å². The van der Waals surface area contributed by atoms with Crippen molar-refractivity contribution in [1.82, 2.24) is 9.97 Å². The van der Waals surface area contributed by atoms with Gasteiger partial charge in [-0.15, -0.1) is 0 Å². The average molecular weight is 334 g/mol. The van der Waals surface area contributed by atoms with E-state index >= 15 is 0 Å². The van der Waals surface area contributed by atoms with Crippen LogP contribution in [0.25, 0.3) is 11.3 Å². The molecule has 1 fully saturated rings. The van der Waals surface area contributed by atoms with Gasteiger partial charge >= 0.3 is 0 Å². The van der Waals surface area contributed by atoms with E-state index in [4.69, 9.17) is 0 Å². The lowest BCUT2D eigenvalue weighted by Gasteiger charge is -2.12. The molecule has 0 bridgehead atoms. The van der Waals surface area contributed by atoms with Gasteiger partial charge in [0.1, 0.15) is 11.6 Å². The number of nitrogens with one attached hydrogen (secondary N) is 2. The molecule has 0 amide bonds. The van der Waals surface area contributed by atoms with Crippen molar-refractivity contribution in [2.24, 2.45) is 0 Å². The molecule has 126 valence electrons. The highest BCUT2D eigenvalue weighted by molar-refractivity contribution is 5.67. The number of benzene rings is 2. The van der Waals surface area contributed by atoms with Crippen LogP contribution in [0.15, 0.2) is 54.6 Å².